The zero-order valence-electron chi connectivity index (χ0n) is 12.7. The number of nitrogens with zero attached hydrogens (tertiary/aromatic N) is 2. The molecule has 0 radical (unpaired) electrons. The van der Waals surface area contributed by atoms with E-state index in [1.54, 1.807) is 11.3 Å². The lowest BCUT2D eigenvalue weighted by atomic mass is 10.00. The Bertz CT molecular complexity index is 811. The lowest BCUT2D eigenvalue weighted by Crippen LogP contribution is -2.45. The van der Waals surface area contributed by atoms with Crippen molar-refractivity contribution in [3.63, 3.8) is 0 Å². The minimum atomic E-state index is 0.271. The van der Waals surface area contributed by atoms with E-state index in [9.17, 15) is 0 Å². The second-order valence-corrected chi connectivity index (χ2v) is 7.56. The van der Waals surface area contributed by atoms with Crippen molar-refractivity contribution in [3.05, 3.63) is 63.6 Å². The molecule has 1 unspecified atom stereocenters. The Morgan fingerprint density at radius 3 is 2.74 bits per heavy atom. The summed E-state index contributed by atoms with van der Waals surface area (Å²) < 4.78 is 0.852. The molecule has 118 valence electrons. The van der Waals surface area contributed by atoms with E-state index in [0.29, 0.717) is 0 Å². The maximum Gasteiger partial charge on any atom is 0.0931 e. The molecule has 1 saturated heterocycles. The van der Waals surface area contributed by atoms with Gasteiger partial charge in [-0.1, -0.05) is 23.7 Å². The highest BCUT2D eigenvalue weighted by molar-refractivity contribution is 7.16. The van der Waals surface area contributed by atoms with Crippen LogP contribution in [0.25, 0.3) is 10.8 Å². The van der Waals surface area contributed by atoms with Crippen LogP contribution in [0.2, 0.25) is 4.34 Å². The molecular formula is C18H18ClN3S. The monoisotopic (exact) mass is 343 g/mol. The first-order valence-corrected chi connectivity index (χ1v) is 9.04. The molecule has 0 aliphatic carbocycles. The average molecular weight is 344 g/mol. The maximum absolute atomic E-state index is 6.21. The van der Waals surface area contributed by atoms with Gasteiger partial charge in [0.1, 0.15) is 0 Å². The number of pyridine rings is 1. The van der Waals surface area contributed by atoms with Gasteiger partial charge in [-0.05, 0) is 35.2 Å². The van der Waals surface area contributed by atoms with Crippen LogP contribution >= 0.6 is 22.9 Å². The van der Waals surface area contributed by atoms with Crippen LogP contribution in [0, 0.1) is 0 Å². The largest absolute Gasteiger partial charge is 0.314 e. The van der Waals surface area contributed by atoms with Gasteiger partial charge in [-0.15, -0.1) is 11.3 Å². The van der Waals surface area contributed by atoms with E-state index >= 15 is 0 Å². The standard InChI is InChI=1S/C18H18ClN3S/c19-17-4-3-16(23-17)18(22-9-7-20-8-10-22)14-1-2-15-12-21-6-5-13(15)11-14/h1-6,11-12,18,20H,7-10H2. The molecule has 0 bridgehead atoms. The van der Waals surface area contributed by atoms with Gasteiger partial charge in [0.25, 0.3) is 0 Å². The summed E-state index contributed by atoms with van der Waals surface area (Å²) in [6.07, 6.45) is 3.77. The van der Waals surface area contributed by atoms with E-state index in [-0.39, 0.29) is 6.04 Å². The zero-order chi connectivity index (χ0) is 15.6. The van der Waals surface area contributed by atoms with Crippen molar-refractivity contribution in [2.75, 3.05) is 26.2 Å². The summed E-state index contributed by atoms with van der Waals surface area (Å²) in [5.41, 5.74) is 1.32. The third-order valence-corrected chi connectivity index (χ3v) is 5.64. The molecule has 5 heteroatoms. The van der Waals surface area contributed by atoms with E-state index in [2.05, 4.69) is 45.5 Å². The highest BCUT2D eigenvalue weighted by Gasteiger charge is 2.25. The molecule has 0 saturated carbocycles. The van der Waals surface area contributed by atoms with Gasteiger partial charge in [-0.3, -0.25) is 9.88 Å². The lowest BCUT2D eigenvalue weighted by Gasteiger charge is -2.34. The van der Waals surface area contributed by atoms with E-state index < -0.39 is 0 Å². The molecule has 3 heterocycles. The van der Waals surface area contributed by atoms with Crippen molar-refractivity contribution < 1.29 is 0 Å². The van der Waals surface area contributed by atoms with Crippen LogP contribution < -0.4 is 5.32 Å². The number of rotatable bonds is 3. The number of nitrogens with one attached hydrogen (secondary N) is 1. The van der Waals surface area contributed by atoms with Gasteiger partial charge in [0, 0.05) is 48.8 Å². The molecular weight excluding hydrogens is 326 g/mol. The Kier molecular flexibility index (Phi) is 4.31. The molecule has 1 aliphatic rings. The smallest absolute Gasteiger partial charge is 0.0931 e. The summed E-state index contributed by atoms with van der Waals surface area (Å²) in [7, 11) is 0. The van der Waals surface area contributed by atoms with Crippen LogP contribution in [0.15, 0.2) is 48.8 Å². The van der Waals surface area contributed by atoms with Gasteiger partial charge in [0.2, 0.25) is 0 Å². The first-order valence-electron chi connectivity index (χ1n) is 7.85. The van der Waals surface area contributed by atoms with Crippen LogP contribution in [0.1, 0.15) is 16.5 Å². The first kappa shape index (κ1) is 15.1. The Morgan fingerprint density at radius 1 is 1.09 bits per heavy atom. The average Bonchev–Trinajstić information content (AvgIpc) is 3.02. The molecule has 3 nitrogen and oxygen atoms in total. The molecule has 0 spiro atoms. The highest BCUT2D eigenvalue weighted by Crippen LogP contribution is 2.36. The molecule has 1 aromatic carbocycles. The van der Waals surface area contributed by atoms with E-state index in [0.717, 1.165) is 30.5 Å². The molecule has 1 fully saturated rings. The Balaban J connectivity index is 1.78. The molecule has 1 atom stereocenters. The number of thiophene rings is 1. The molecule has 23 heavy (non-hydrogen) atoms. The van der Waals surface area contributed by atoms with Crippen molar-refractivity contribution >= 4 is 33.7 Å². The third kappa shape index (κ3) is 3.12. The molecule has 1 aliphatic heterocycles. The van der Waals surface area contributed by atoms with Crippen LogP contribution in [-0.2, 0) is 0 Å². The Hall–Kier alpha value is -1.46. The predicted octanol–water partition coefficient (Wildman–Crippen LogP) is 3.94. The lowest BCUT2D eigenvalue weighted by molar-refractivity contribution is 0.201. The van der Waals surface area contributed by atoms with Gasteiger partial charge in [-0.2, -0.15) is 0 Å². The summed E-state index contributed by atoms with van der Waals surface area (Å²) in [5, 5.41) is 5.85. The minimum Gasteiger partial charge on any atom is -0.314 e. The summed E-state index contributed by atoms with van der Waals surface area (Å²) in [6, 6.07) is 13.2. The van der Waals surface area contributed by atoms with Gasteiger partial charge in [-0.25, -0.2) is 0 Å². The second-order valence-electron chi connectivity index (χ2n) is 5.81. The summed E-state index contributed by atoms with van der Waals surface area (Å²) >= 11 is 7.89. The second kappa shape index (κ2) is 6.57. The molecule has 4 rings (SSSR count). The van der Waals surface area contributed by atoms with Crippen LogP contribution in [0.3, 0.4) is 0 Å². The fourth-order valence-electron chi connectivity index (χ4n) is 3.24. The number of halogens is 1. The molecule has 0 amide bonds. The third-order valence-electron chi connectivity index (χ3n) is 4.36. The number of fused-ring (bicyclic) bond motifs is 1. The fraction of sp³-hybridized carbons (Fsp3) is 0.278. The molecule has 2 aromatic heterocycles. The molecule has 1 N–H and O–H groups in total. The summed E-state index contributed by atoms with van der Waals surface area (Å²) in [4.78, 5) is 8.06. The number of hydrogen-bond acceptors (Lipinski definition) is 4. The predicted molar refractivity (Wildman–Crippen MR) is 97.4 cm³/mol. The highest BCUT2D eigenvalue weighted by atomic mass is 35.5. The Labute approximate surface area is 144 Å². The van der Waals surface area contributed by atoms with Crippen LogP contribution in [-0.4, -0.2) is 36.1 Å². The van der Waals surface area contributed by atoms with E-state index in [1.165, 1.54) is 21.2 Å². The van der Waals surface area contributed by atoms with E-state index in [1.807, 2.05) is 18.5 Å². The van der Waals surface area contributed by atoms with Crippen molar-refractivity contribution in [1.82, 2.24) is 15.2 Å². The number of piperazine rings is 1. The van der Waals surface area contributed by atoms with Crippen molar-refractivity contribution in [2.24, 2.45) is 0 Å². The van der Waals surface area contributed by atoms with Crippen molar-refractivity contribution in [3.8, 4) is 0 Å². The number of benzene rings is 1. The fourth-order valence-corrected chi connectivity index (χ4v) is 4.47. The minimum absolute atomic E-state index is 0.271. The summed E-state index contributed by atoms with van der Waals surface area (Å²) in [6.45, 7) is 4.17. The van der Waals surface area contributed by atoms with Gasteiger partial charge < -0.3 is 5.32 Å². The van der Waals surface area contributed by atoms with E-state index in [4.69, 9.17) is 11.6 Å². The van der Waals surface area contributed by atoms with Crippen molar-refractivity contribution in [1.29, 1.82) is 0 Å². The number of aromatic nitrogens is 1. The van der Waals surface area contributed by atoms with Gasteiger partial charge in [0.05, 0.1) is 10.4 Å². The normalized spacial score (nSPS) is 17.4. The van der Waals surface area contributed by atoms with Crippen LogP contribution in [0.5, 0.6) is 0 Å². The maximum atomic E-state index is 6.21. The summed E-state index contributed by atoms with van der Waals surface area (Å²) in [5.74, 6) is 0. The number of hydrogen-bond donors (Lipinski definition) is 1. The zero-order valence-corrected chi connectivity index (χ0v) is 14.3. The van der Waals surface area contributed by atoms with Crippen molar-refractivity contribution in [2.45, 2.75) is 6.04 Å². The molecule has 3 aromatic rings. The van der Waals surface area contributed by atoms with Gasteiger partial charge >= 0.3 is 0 Å². The Morgan fingerprint density at radius 2 is 1.96 bits per heavy atom. The quantitative estimate of drug-likeness (QED) is 0.780. The topological polar surface area (TPSA) is 28.2 Å². The van der Waals surface area contributed by atoms with Gasteiger partial charge in [0.15, 0.2) is 0 Å². The van der Waals surface area contributed by atoms with Crippen LogP contribution in [0.4, 0.5) is 0 Å². The first-order chi connectivity index (χ1) is 11.3. The SMILES string of the molecule is Clc1ccc(C(c2ccc3cnccc3c2)N2CCNCC2)s1.